The summed E-state index contributed by atoms with van der Waals surface area (Å²) in [7, 11) is 0. The van der Waals surface area contributed by atoms with E-state index in [4.69, 9.17) is 5.11 Å². The maximum Gasteiger partial charge on any atom is 0.454 e. The molecular weight excluding hydrogens is 320 g/mol. The molecule has 0 aromatic heterocycles. The first-order valence-corrected chi connectivity index (χ1v) is 4.68. The zero-order chi connectivity index (χ0) is 16.5. The zero-order valence-electron chi connectivity index (χ0n) is 9.36. The lowest BCUT2D eigenvalue weighted by Crippen LogP contribution is -2.21. The van der Waals surface area contributed by atoms with Gasteiger partial charge in [-0.2, -0.15) is 22.0 Å². The Balaban J connectivity index is 3.21. The highest BCUT2D eigenvalue weighted by atomic mass is 19.4. The van der Waals surface area contributed by atoms with Gasteiger partial charge in [-0.05, 0) is 0 Å². The lowest BCUT2D eigenvalue weighted by molar-refractivity contribution is -0.165. The predicted octanol–water partition coefficient (Wildman–Crippen LogP) is 3.29. The van der Waals surface area contributed by atoms with Crippen LogP contribution in [-0.4, -0.2) is 17.1 Å². The summed E-state index contributed by atoms with van der Waals surface area (Å²) in [5.41, 5.74) is 0. The highest BCUT2D eigenvalue weighted by Gasteiger charge is 2.37. The van der Waals surface area contributed by atoms with Crippen molar-refractivity contribution in [2.24, 2.45) is 0 Å². The molecule has 0 atom stereocenters. The van der Waals surface area contributed by atoms with Gasteiger partial charge in [0.1, 0.15) is 0 Å². The first kappa shape index (κ1) is 16.7. The fourth-order valence-corrected chi connectivity index (χ4v) is 1.00. The third-order valence-corrected chi connectivity index (χ3v) is 1.91. The van der Waals surface area contributed by atoms with Crippen LogP contribution in [0.15, 0.2) is 12.0 Å². The summed E-state index contributed by atoms with van der Waals surface area (Å²) in [6, 6.07) is 0. The van der Waals surface area contributed by atoms with Crippen LogP contribution in [0.25, 0.3) is 0 Å². The number of hydrogen-bond donors (Lipinski definition) is 1. The molecule has 0 aliphatic carbocycles. The van der Waals surface area contributed by atoms with Crippen LogP contribution < -0.4 is 4.74 Å². The molecule has 1 rings (SSSR count). The van der Waals surface area contributed by atoms with Gasteiger partial charge in [-0.25, -0.2) is 13.2 Å². The minimum Gasteiger partial charge on any atom is -0.481 e. The average Bonchev–Trinajstić information content (AvgIpc) is 2.38. The van der Waals surface area contributed by atoms with Gasteiger partial charge < -0.3 is 9.84 Å². The molecule has 1 aromatic rings. The molecule has 0 heterocycles. The maximum absolute atomic E-state index is 13.0. The van der Waals surface area contributed by atoms with E-state index in [-0.39, 0.29) is 0 Å². The number of carbonyl (C=O) groups is 1. The molecule has 0 aliphatic heterocycles. The number of ether oxygens (including phenoxy) is 1. The Labute approximate surface area is 110 Å². The molecular formula is C10H2F8O3. The molecule has 0 spiro atoms. The maximum atomic E-state index is 13.0. The van der Waals surface area contributed by atoms with Gasteiger partial charge in [0.2, 0.25) is 34.8 Å². The molecule has 0 unspecified atom stereocenters. The molecule has 116 valence electrons. The van der Waals surface area contributed by atoms with E-state index in [2.05, 4.69) is 4.74 Å². The van der Waals surface area contributed by atoms with Gasteiger partial charge in [0.05, 0.1) is 6.08 Å². The van der Waals surface area contributed by atoms with Crippen molar-refractivity contribution in [2.45, 2.75) is 6.18 Å². The van der Waals surface area contributed by atoms with Crippen molar-refractivity contribution in [3.63, 3.8) is 0 Å². The third-order valence-electron chi connectivity index (χ3n) is 1.91. The van der Waals surface area contributed by atoms with E-state index in [1.165, 1.54) is 0 Å². The van der Waals surface area contributed by atoms with Crippen LogP contribution in [0.3, 0.4) is 0 Å². The van der Waals surface area contributed by atoms with E-state index in [0.29, 0.717) is 0 Å². The SMILES string of the molecule is O=C(/C=C(\O)Oc1c(F)c(F)c(F)c(F)c1F)C(F)(F)F. The lowest BCUT2D eigenvalue weighted by Gasteiger charge is -2.09. The van der Waals surface area contributed by atoms with Gasteiger partial charge in [-0.3, -0.25) is 4.79 Å². The smallest absolute Gasteiger partial charge is 0.454 e. The molecule has 0 saturated carbocycles. The summed E-state index contributed by atoms with van der Waals surface area (Å²) in [6.45, 7) is 0. The van der Waals surface area contributed by atoms with Crippen molar-refractivity contribution >= 4 is 5.78 Å². The van der Waals surface area contributed by atoms with Gasteiger partial charge in [0.25, 0.3) is 11.7 Å². The number of ketones is 1. The Kier molecular flexibility index (Phi) is 4.44. The largest absolute Gasteiger partial charge is 0.481 e. The minimum absolute atomic E-state index is 0.641. The van der Waals surface area contributed by atoms with Gasteiger partial charge in [-0.15, -0.1) is 0 Å². The quantitative estimate of drug-likeness (QED) is 0.305. The molecule has 0 aliphatic rings. The minimum atomic E-state index is -5.44. The fourth-order valence-electron chi connectivity index (χ4n) is 1.00. The van der Waals surface area contributed by atoms with E-state index < -0.39 is 58.8 Å². The lowest BCUT2D eigenvalue weighted by atomic mass is 10.2. The van der Waals surface area contributed by atoms with Crippen LogP contribution in [-0.2, 0) is 4.79 Å². The van der Waals surface area contributed by atoms with Crippen molar-refractivity contribution in [3.8, 4) is 5.75 Å². The molecule has 0 saturated heterocycles. The monoisotopic (exact) mass is 322 g/mol. The second kappa shape index (κ2) is 5.58. The van der Waals surface area contributed by atoms with Gasteiger partial charge in [-0.1, -0.05) is 0 Å². The van der Waals surface area contributed by atoms with Crippen molar-refractivity contribution < 1.29 is 49.8 Å². The number of halogens is 8. The summed E-state index contributed by atoms with van der Waals surface area (Å²) in [5, 5.41) is 8.78. The van der Waals surface area contributed by atoms with Crippen LogP contribution in [0.2, 0.25) is 0 Å². The fraction of sp³-hybridized carbons (Fsp3) is 0.100. The van der Waals surface area contributed by atoms with Crippen LogP contribution in [0, 0.1) is 29.1 Å². The van der Waals surface area contributed by atoms with Crippen molar-refractivity contribution in [1.82, 2.24) is 0 Å². The van der Waals surface area contributed by atoms with Crippen molar-refractivity contribution in [2.75, 3.05) is 0 Å². The van der Waals surface area contributed by atoms with Crippen LogP contribution >= 0.6 is 0 Å². The van der Waals surface area contributed by atoms with Gasteiger partial charge in [0, 0.05) is 0 Å². The molecule has 21 heavy (non-hydrogen) atoms. The molecule has 0 radical (unpaired) electrons. The Morgan fingerprint density at radius 3 is 1.67 bits per heavy atom. The van der Waals surface area contributed by atoms with Crippen molar-refractivity contribution in [3.05, 3.63) is 41.1 Å². The standard InChI is InChI=1S/C10H2F8O3/c11-4-5(12)7(14)9(8(15)6(4)13)21-3(20)1-2(19)10(16,17)18/h1,20H/b3-1+. The van der Waals surface area contributed by atoms with E-state index in [1.807, 2.05) is 0 Å². The number of hydrogen-bond acceptors (Lipinski definition) is 3. The topological polar surface area (TPSA) is 46.5 Å². The number of rotatable bonds is 3. The van der Waals surface area contributed by atoms with E-state index in [9.17, 15) is 39.9 Å². The molecule has 11 heteroatoms. The summed E-state index contributed by atoms with van der Waals surface area (Å²) < 4.78 is 103. The Bertz CT molecular complexity index is 591. The van der Waals surface area contributed by atoms with E-state index >= 15 is 0 Å². The zero-order valence-corrected chi connectivity index (χ0v) is 9.36. The summed E-state index contributed by atoms with van der Waals surface area (Å²) in [5.74, 6) is -19.2. The number of aliphatic hydroxyl groups is 1. The molecule has 3 nitrogen and oxygen atoms in total. The second-order valence-corrected chi connectivity index (χ2v) is 3.35. The normalized spacial score (nSPS) is 12.5. The highest BCUT2D eigenvalue weighted by Crippen LogP contribution is 2.30. The molecule has 0 fully saturated rings. The third kappa shape index (κ3) is 3.41. The molecule has 1 N–H and O–H groups in total. The molecule has 0 amide bonds. The predicted molar refractivity (Wildman–Crippen MR) is 48.6 cm³/mol. The number of benzene rings is 1. The Hall–Kier alpha value is -2.33. The first-order chi connectivity index (χ1) is 9.46. The van der Waals surface area contributed by atoms with Crippen LogP contribution in [0.5, 0.6) is 5.75 Å². The Morgan fingerprint density at radius 2 is 1.29 bits per heavy atom. The number of allylic oxidation sites excluding steroid dienone is 1. The number of aliphatic hydroxyl groups excluding tert-OH is 1. The number of alkyl halides is 3. The van der Waals surface area contributed by atoms with Gasteiger partial charge in [0.15, 0.2) is 0 Å². The summed E-state index contributed by atoms with van der Waals surface area (Å²) in [4.78, 5) is 10.4. The van der Waals surface area contributed by atoms with E-state index in [0.717, 1.165) is 0 Å². The van der Waals surface area contributed by atoms with E-state index in [1.54, 1.807) is 0 Å². The van der Waals surface area contributed by atoms with Gasteiger partial charge >= 0.3 is 6.18 Å². The van der Waals surface area contributed by atoms with Crippen LogP contribution in [0.4, 0.5) is 35.1 Å². The molecule has 0 bridgehead atoms. The molecule has 1 aromatic carbocycles. The average molecular weight is 322 g/mol. The highest BCUT2D eigenvalue weighted by molar-refractivity contribution is 5.94. The summed E-state index contributed by atoms with van der Waals surface area (Å²) in [6.07, 6.45) is -6.08. The Morgan fingerprint density at radius 1 is 0.905 bits per heavy atom. The summed E-state index contributed by atoms with van der Waals surface area (Å²) >= 11 is 0. The second-order valence-electron chi connectivity index (χ2n) is 3.35. The van der Waals surface area contributed by atoms with Crippen LogP contribution in [0.1, 0.15) is 0 Å². The number of carbonyl (C=O) groups excluding carboxylic acids is 1. The van der Waals surface area contributed by atoms with Crippen molar-refractivity contribution in [1.29, 1.82) is 0 Å². The first-order valence-electron chi connectivity index (χ1n) is 4.68.